The van der Waals surface area contributed by atoms with Crippen LogP contribution in [0, 0.1) is 5.82 Å². The lowest BCUT2D eigenvalue weighted by Crippen LogP contribution is -2.40. The SMILES string of the molecule is CN1CCC[C@@H](Nc2nnc(-c3c(O)cc(C(F)(F)F)cc3F)c3c2CCCC3)C1. The number of piperidine rings is 1. The molecule has 5 nitrogen and oxygen atoms in total. The number of anilines is 1. The summed E-state index contributed by atoms with van der Waals surface area (Å²) in [4.78, 5) is 2.24. The fourth-order valence-electron chi connectivity index (χ4n) is 4.43. The molecule has 2 aromatic rings. The Bertz CT molecular complexity index is 924. The topological polar surface area (TPSA) is 61.3 Å². The highest BCUT2D eigenvalue weighted by molar-refractivity contribution is 5.73. The highest BCUT2D eigenvalue weighted by Crippen LogP contribution is 2.41. The lowest BCUT2D eigenvalue weighted by molar-refractivity contribution is -0.137. The Hall–Kier alpha value is -2.42. The van der Waals surface area contributed by atoms with Crippen LogP contribution in [0.15, 0.2) is 12.1 Å². The molecule has 1 fully saturated rings. The predicted molar refractivity (Wildman–Crippen MR) is 105 cm³/mol. The van der Waals surface area contributed by atoms with E-state index >= 15 is 0 Å². The molecular formula is C21H24F4N4O. The fraction of sp³-hybridized carbons (Fsp3) is 0.524. The summed E-state index contributed by atoms with van der Waals surface area (Å²) in [6.07, 6.45) is 0.483. The second-order valence-corrected chi connectivity index (χ2v) is 8.16. The number of likely N-dealkylation sites (tertiary alicyclic amines) is 1. The average Bonchev–Trinajstić information content (AvgIpc) is 2.68. The van der Waals surface area contributed by atoms with Crippen LogP contribution in [0.2, 0.25) is 0 Å². The van der Waals surface area contributed by atoms with Gasteiger partial charge in [0.15, 0.2) is 5.82 Å². The highest BCUT2D eigenvalue weighted by atomic mass is 19.4. The van der Waals surface area contributed by atoms with Crippen LogP contribution >= 0.6 is 0 Å². The van der Waals surface area contributed by atoms with Crippen molar-refractivity contribution in [3.63, 3.8) is 0 Å². The van der Waals surface area contributed by atoms with Gasteiger partial charge in [0, 0.05) is 18.2 Å². The number of likely N-dealkylation sites (N-methyl/N-ethyl adjacent to an activating group) is 1. The quantitative estimate of drug-likeness (QED) is 0.716. The summed E-state index contributed by atoms with van der Waals surface area (Å²) in [7, 11) is 2.06. The van der Waals surface area contributed by atoms with Crippen molar-refractivity contribution in [3.05, 3.63) is 34.6 Å². The van der Waals surface area contributed by atoms with Crippen LogP contribution in [-0.2, 0) is 19.0 Å². The zero-order valence-corrected chi connectivity index (χ0v) is 16.7. The van der Waals surface area contributed by atoms with Crippen molar-refractivity contribution in [2.75, 3.05) is 25.5 Å². The standard InChI is InChI=1S/C21H24F4N4O/c1-29-8-4-5-13(11-29)26-20-15-7-3-2-6-14(15)19(27-28-20)18-16(22)9-12(10-17(18)30)21(23,24)25/h9-10,13,30H,2-8,11H2,1H3,(H,26,28)/t13-/m1/s1. The second-order valence-electron chi connectivity index (χ2n) is 8.16. The monoisotopic (exact) mass is 424 g/mol. The van der Waals surface area contributed by atoms with Gasteiger partial charge in [-0.05, 0) is 69.8 Å². The van der Waals surface area contributed by atoms with E-state index in [1.165, 1.54) is 0 Å². The van der Waals surface area contributed by atoms with E-state index in [4.69, 9.17) is 0 Å². The first-order chi connectivity index (χ1) is 14.2. The number of phenolic OH excluding ortho intramolecular Hbond substituents is 1. The Morgan fingerprint density at radius 1 is 1.10 bits per heavy atom. The molecule has 0 amide bonds. The predicted octanol–water partition coefficient (Wildman–Crippen LogP) is 4.39. The number of aromatic nitrogens is 2. The number of nitrogens with zero attached hydrogens (tertiary/aromatic N) is 3. The number of alkyl halides is 3. The molecule has 1 aromatic carbocycles. The summed E-state index contributed by atoms with van der Waals surface area (Å²) in [6.45, 7) is 1.93. The maximum Gasteiger partial charge on any atom is 0.416 e. The van der Waals surface area contributed by atoms with E-state index in [0.29, 0.717) is 24.4 Å². The normalized spacial score (nSPS) is 20.1. The molecule has 0 saturated carbocycles. The maximum absolute atomic E-state index is 14.7. The van der Waals surface area contributed by atoms with Crippen LogP contribution in [0.3, 0.4) is 0 Å². The van der Waals surface area contributed by atoms with Crippen molar-refractivity contribution in [1.29, 1.82) is 0 Å². The number of hydrogen-bond acceptors (Lipinski definition) is 5. The van der Waals surface area contributed by atoms with Crippen LogP contribution in [-0.4, -0.2) is 46.4 Å². The van der Waals surface area contributed by atoms with Crippen molar-refractivity contribution in [2.24, 2.45) is 0 Å². The summed E-state index contributed by atoms with van der Waals surface area (Å²) in [5, 5.41) is 22.1. The number of rotatable bonds is 3. The summed E-state index contributed by atoms with van der Waals surface area (Å²) in [5.41, 5.74) is 0.232. The molecule has 4 rings (SSSR count). The maximum atomic E-state index is 14.7. The zero-order valence-electron chi connectivity index (χ0n) is 16.7. The van der Waals surface area contributed by atoms with E-state index < -0.39 is 23.3 Å². The highest BCUT2D eigenvalue weighted by Gasteiger charge is 2.34. The number of benzene rings is 1. The smallest absolute Gasteiger partial charge is 0.416 e. The zero-order chi connectivity index (χ0) is 21.5. The summed E-state index contributed by atoms with van der Waals surface area (Å²) >= 11 is 0. The molecule has 0 bridgehead atoms. The number of nitrogens with one attached hydrogen (secondary N) is 1. The minimum absolute atomic E-state index is 0.125. The Labute approximate surface area is 172 Å². The van der Waals surface area contributed by atoms with Crippen LogP contribution in [0.5, 0.6) is 5.75 Å². The Kier molecular flexibility index (Phi) is 5.57. The molecule has 9 heteroatoms. The molecule has 1 saturated heterocycles. The lowest BCUT2D eigenvalue weighted by Gasteiger charge is -2.31. The molecule has 0 unspecified atom stereocenters. The number of fused-ring (bicyclic) bond motifs is 1. The molecule has 1 atom stereocenters. The van der Waals surface area contributed by atoms with Gasteiger partial charge in [-0.3, -0.25) is 0 Å². The molecule has 1 aliphatic carbocycles. The van der Waals surface area contributed by atoms with E-state index in [1.807, 2.05) is 0 Å². The number of phenols is 1. The van der Waals surface area contributed by atoms with Gasteiger partial charge in [0.05, 0.1) is 11.1 Å². The average molecular weight is 424 g/mol. The van der Waals surface area contributed by atoms with Crippen molar-refractivity contribution in [1.82, 2.24) is 15.1 Å². The van der Waals surface area contributed by atoms with E-state index in [1.54, 1.807) is 0 Å². The lowest BCUT2D eigenvalue weighted by atomic mass is 9.88. The number of hydrogen-bond donors (Lipinski definition) is 2. The first-order valence-electron chi connectivity index (χ1n) is 10.2. The molecule has 1 aromatic heterocycles. The van der Waals surface area contributed by atoms with Gasteiger partial charge in [0.25, 0.3) is 0 Å². The first kappa shape index (κ1) is 20.8. The van der Waals surface area contributed by atoms with Gasteiger partial charge in [0.1, 0.15) is 17.3 Å². The molecule has 0 spiro atoms. The Morgan fingerprint density at radius 2 is 1.83 bits per heavy atom. The third kappa shape index (κ3) is 4.08. The van der Waals surface area contributed by atoms with E-state index in [0.717, 1.165) is 56.3 Å². The first-order valence-corrected chi connectivity index (χ1v) is 10.2. The van der Waals surface area contributed by atoms with Gasteiger partial charge in [-0.2, -0.15) is 13.2 Å². The molecule has 0 radical (unpaired) electrons. The summed E-state index contributed by atoms with van der Waals surface area (Å²) < 4.78 is 53.5. The van der Waals surface area contributed by atoms with E-state index in [-0.39, 0.29) is 17.3 Å². The molecule has 1 aliphatic heterocycles. The third-order valence-electron chi connectivity index (χ3n) is 5.89. The minimum Gasteiger partial charge on any atom is -0.507 e. The van der Waals surface area contributed by atoms with Gasteiger partial charge >= 0.3 is 6.18 Å². The van der Waals surface area contributed by atoms with Gasteiger partial charge in [0.2, 0.25) is 0 Å². The van der Waals surface area contributed by atoms with Crippen LogP contribution in [0.1, 0.15) is 42.4 Å². The summed E-state index contributed by atoms with van der Waals surface area (Å²) in [5.74, 6) is -1.28. The van der Waals surface area contributed by atoms with Crippen LogP contribution in [0.25, 0.3) is 11.3 Å². The second kappa shape index (κ2) is 8.02. The number of aromatic hydroxyl groups is 1. The fourth-order valence-corrected chi connectivity index (χ4v) is 4.43. The minimum atomic E-state index is -4.75. The van der Waals surface area contributed by atoms with Crippen molar-refractivity contribution in [2.45, 2.75) is 50.7 Å². The van der Waals surface area contributed by atoms with Crippen molar-refractivity contribution >= 4 is 5.82 Å². The third-order valence-corrected chi connectivity index (χ3v) is 5.89. The largest absolute Gasteiger partial charge is 0.507 e. The van der Waals surface area contributed by atoms with Gasteiger partial charge in [-0.25, -0.2) is 4.39 Å². The van der Waals surface area contributed by atoms with Gasteiger partial charge in [-0.1, -0.05) is 0 Å². The molecule has 2 heterocycles. The Balaban J connectivity index is 1.74. The van der Waals surface area contributed by atoms with Crippen LogP contribution < -0.4 is 5.32 Å². The molecule has 2 aliphatic rings. The van der Waals surface area contributed by atoms with Crippen molar-refractivity contribution < 1.29 is 22.7 Å². The van der Waals surface area contributed by atoms with Gasteiger partial charge in [-0.15, -0.1) is 10.2 Å². The van der Waals surface area contributed by atoms with E-state index in [9.17, 15) is 22.7 Å². The Morgan fingerprint density at radius 3 is 2.50 bits per heavy atom. The molecule has 30 heavy (non-hydrogen) atoms. The van der Waals surface area contributed by atoms with Crippen LogP contribution in [0.4, 0.5) is 23.4 Å². The number of halogens is 4. The summed E-state index contributed by atoms with van der Waals surface area (Å²) in [6, 6.07) is 1.17. The molecule has 2 N–H and O–H groups in total. The molecular weight excluding hydrogens is 400 g/mol. The van der Waals surface area contributed by atoms with E-state index in [2.05, 4.69) is 27.5 Å². The van der Waals surface area contributed by atoms with Crippen molar-refractivity contribution in [3.8, 4) is 17.0 Å². The van der Waals surface area contributed by atoms with Gasteiger partial charge < -0.3 is 15.3 Å². The molecule has 162 valence electrons.